The van der Waals surface area contributed by atoms with Crippen LogP contribution >= 0.6 is 0 Å². The Labute approximate surface area is 147 Å². The molecule has 132 valence electrons. The van der Waals surface area contributed by atoms with E-state index in [1.54, 1.807) is 0 Å². The Kier molecular flexibility index (Phi) is 3.89. The van der Waals surface area contributed by atoms with Gasteiger partial charge in [-0.25, -0.2) is 4.98 Å². The quantitative estimate of drug-likeness (QED) is 0.917. The molecule has 25 heavy (non-hydrogen) atoms. The summed E-state index contributed by atoms with van der Waals surface area (Å²) in [7, 11) is 2.01. The molecule has 0 bridgehead atoms. The van der Waals surface area contributed by atoms with E-state index in [1.807, 2.05) is 25.5 Å². The maximum atomic E-state index is 12.0. The maximum absolute atomic E-state index is 12.0. The van der Waals surface area contributed by atoms with E-state index >= 15 is 0 Å². The zero-order valence-electron chi connectivity index (χ0n) is 14.7. The van der Waals surface area contributed by atoms with Crippen molar-refractivity contribution in [2.45, 2.75) is 13.5 Å². The topological polar surface area (TPSA) is 61.6 Å². The largest absolute Gasteiger partial charge is 0.481 e. The zero-order valence-corrected chi connectivity index (χ0v) is 14.7. The van der Waals surface area contributed by atoms with Gasteiger partial charge in [0.1, 0.15) is 5.82 Å². The van der Waals surface area contributed by atoms with Crippen LogP contribution in [0.5, 0.6) is 0 Å². The molecule has 0 radical (unpaired) electrons. The van der Waals surface area contributed by atoms with Gasteiger partial charge in [-0.15, -0.1) is 0 Å². The predicted octanol–water partition coefficient (Wildman–Crippen LogP) is 1.63. The van der Waals surface area contributed by atoms with Gasteiger partial charge in [-0.2, -0.15) is 0 Å². The summed E-state index contributed by atoms with van der Waals surface area (Å²) in [6, 6.07) is 8.33. The van der Waals surface area contributed by atoms with E-state index in [0.29, 0.717) is 19.6 Å². The van der Waals surface area contributed by atoms with E-state index in [0.717, 1.165) is 24.6 Å². The molecule has 2 aromatic rings. The Balaban J connectivity index is 1.55. The molecule has 3 heterocycles. The van der Waals surface area contributed by atoms with Crippen molar-refractivity contribution in [3.63, 3.8) is 0 Å². The SMILES string of the molecule is Cc1cccc(-n2ccnc2CN2C[C@@H]3CN(C)C[C@]3(C(=O)O)C2)c1. The van der Waals surface area contributed by atoms with E-state index < -0.39 is 11.4 Å². The highest BCUT2D eigenvalue weighted by molar-refractivity contribution is 5.77. The molecule has 2 atom stereocenters. The van der Waals surface area contributed by atoms with Gasteiger partial charge >= 0.3 is 5.97 Å². The van der Waals surface area contributed by atoms with Crippen LogP contribution in [0.1, 0.15) is 11.4 Å². The van der Waals surface area contributed by atoms with Crippen LogP contribution in [-0.4, -0.2) is 63.7 Å². The lowest BCUT2D eigenvalue weighted by atomic mass is 9.81. The van der Waals surface area contributed by atoms with Crippen LogP contribution in [0.25, 0.3) is 5.69 Å². The van der Waals surface area contributed by atoms with Gasteiger partial charge in [0, 0.05) is 50.2 Å². The van der Waals surface area contributed by atoms with E-state index in [1.165, 1.54) is 5.56 Å². The summed E-state index contributed by atoms with van der Waals surface area (Å²) in [6.07, 6.45) is 3.79. The van der Waals surface area contributed by atoms with Crippen molar-refractivity contribution in [1.82, 2.24) is 19.4 Å². The van der Waals surface area contributed by atoms with E-state index in [2.05, 4.69) is 44.5 Å². The number of nitrogens with zero attached hydrogens (tertiary/aromatic N) is 4. The number of benzene rings is 1. The number of fused-ring (bicyclic) bond motifs is 1. The first-order valence-electron chi connectivity index (χ1n) is 8.71. The van der Waals surface area contributed by atoms with Crippen LogP contribution in [0.4, 0.5) is 0 Å². The van der Waals surface area contributed by atoms with Crippen LogP contribution in [0.2, 0.25) is 0 Å². The Bertz CT molecular complexity index is 802. The summed E-state index contributed by atoms with van der Waals surface area (Å²) in [6.45, 7) is 5.66. The molecule has 0 unspecified atom stereocenters. The average molecular weight is 340 g/mol. The summed E-state index contributed by atoms with van der Waals surface area (Å²) >= 11 is 0. The van der Waals surface area contributed by atoms with Gasteiger partial charge < -0.3 is 14.6 Å². The van der Waals surface area contributed by atoms with Crippen molar-refractivity contribution in [3.8, 4) is 5.69 Å². The number of imidazole rings is 1. The summed E-state index contributed by atoms with van der Waals surface area (Å²) in [5.41, 5.74) is 1.68. The molecule has 0 spiro atoms. The number of carboxylic acid groups (broad SMARTS) is 1. The Hall–Kier alpha value is -2.18. The molecule has 6 heteroatoms. The fraction of sp³-hybridized carbons (Fsp3) is 0.474. The summed E-state index contributed by atoms with van der Waals surface area (Å²) < 4.78 is 2.10. The Morgan fingerprint density at radius 1 is 1.36 bits per heavy atom. The molecular formula is C19H24N4O2. The smallest absolute Gasteiger partial charge is 0.312 e. The highest BCUT2D eigenvalue weighted by atomic mass is 16.4. The number of aromatic nitrogens is 2. The number of hydrogen-bond acceptors (Lipinski definition) is 4. The van der Waals surface area contributed by atoms with Crippen molar-refractivity contribution < 1.29 is 9.90 Å². The van der Waals surface area contributed by atoms with E-state index in [9.17, 15) is 9.90 Å². The molecule has 2 aliphatic heterocycles. The lowest BCUT2D eigenvalue weighted by Gasteiger charge is -2.24. The van der Waals surface area contributed by atoms with Gasteiger partial charge in [0.2, 0.25) is 0 Å². The van der Waals surface area contributed by atoms with Crippen LogP contribution in [0, 0.1) is 18.3 Å². The number of aryl methyl sites for hydroxylation is 1. The first-order chi connectivity index (χ1) is 12.0. The molecule has 2 fully saturated rings. The fourth-order valence-electron chi connectivity index (χ4n) is 4.51. The predicted molar refractivity (Wildman–Crippen MR) is 94.6 cm³/mol. The van der Waals surface area contributed by atoms with Gasteiger partial charge in [0.05, 0.1) is 12.0 Å². The normalized spacial score (nSPS) is 26.9. The van der Waals surface area contributed by atoms with Gasteiger partial charge in [0.25, 0.3) is 0 Å². The van der Waals surface area contributed by atoms with Crippen LogP contribution in [0.15, 0.2) is 36.7 Å². The number of hydrogen-bond donors (Lipinski definition) is 1. The minimum Gasteiger partial charge on any atom is -0.481 e. The summed E-state index contributed by atoms with van der Waals surface area (Å²) in [5, 5.41) is 9.82. The molecule has 2 aliphatic rings. The minimum atomic E-state index is -0.661. The number of rotatable bonds is 4. The standard InChI is InChI=1S/C19H24N4O2/c1-14-4-3-5-16(8-14)23-7-6-20-17(23)11-22-10-15-9-21(2)12-19(15,13-22)18(24)25/h3-8,15H,9-13H2,1-2H3,(H,24,25)/t15-,19-/m0/s1. The van der Waals surface area contributed by atoms with Crippen molar-refractivity contribution in [1.29, 1.82) is 0 Å². The lowest BCUT2D eigenvalue weighted by molar-refractivity contribution is -0.148. The second-order valence-corrected chi connectivity index (χ2v) is 7.58. The lowest BCUT2D eigenvalue weighted by Crippen LogP contribution is -2.40. The monoisotopic (exact) mass is 340 g/mol. The molecule has 1 aromatic heterocycles. The molecule has 1 N–H and O–H groups in total. The van der Waals surface area contributed by atoms with Crippen LogP contribution < -0.4 is 0 Å². The van der Waals surface area contributed by atoms with E-state index in [4.69, 9.17) is 0 Å². The molecule has 0 amide bonds. The van der Waals surface area contributed by atoms with Gasteiger partial charge in [-0.1, -0.05) is 12.1 Å². The fourth-order valence-corrected chi connectivity index (χ4v) is 4.51. The highest BCUT2D eigenvalue weighted by Crippen LogP contribution is 2.42. The van der Waals surface area contributed by atoms with Gasteiger partial charge in [0.15, 0.2) is 0 Å². The molecular weight excluding hydrogens is 316 g/mol. The molecule has 6 nitrogen and oxygen atoms in total. The molecule has 0 aliphatic carbocycles. The molecule has 0 saturated carbocycles. The Morgan fingerprint density at radius 3 is 2.92 bits per heavy atom. The molecule has 2 saturated heterocycles. The number of carboxylic acids is 1. The van der Waals surface area contributed by atoms with E-state index in [-0.39, 0.29) is 5.92 Å². The number of likely N-dealkylation sites (tertiary alicyclic amines) is 2. The van der Waals surface area contributed by atoms with Gasteiger partial charge in [-0.05, 0) is 31.7 Å². The summed E-state index contributed by atoms with van der Waals surface area (Å²) in [5.74, 6) is 0.489. The Morgan fingerprint density at radius 2 is 2.20 bits per heavy atom. The summed E-state index contributed by atoms with van der Waals surface area (Å²) in [4.78, 5) is 20.9. The van der Waals surface area contributed by atoms with Crippen molar-refractivity contribution in [2.24, 2.45) is 11.3 Å². The third kappa shape index (κ3) is 2.75. The average Bonchev–Trinajstić information content (AvgIpc) is 3.20. The number of carbonyl (C=O) groups is 1. The third-order valence-corrected chi connectivity index (χ3v) is 5.64. The first kappa shape index (κ1) is 16.3. The number of aliphatic carboxylic acids is 1. The first-order valence-corrected chi connectivity index (χ1v) is 8.71. The highest BCUT2D eigenvalue weighted by Gasteiger charge is 2.56. The van der Waals surface area contributed by atoms with Gasteiger partial charge in [-0.3, -0.25) is 9.69 Å². The minimum absolute atomic E-state index is 0.192. The zero-order chi connectivity index (χ0) is 17.6. The van der Waals surface area contributed by atoms with Crippen molar-refractivity contribution in [2.75, 3.05) is 33.2 Å². The molecule has 4 rings (SSSR count). The van der Waals surface area contributed by atoms with Crippen LogP contribution in [0.3, 0.4) is 0 Å². The third-order valence-electron chi connectivity index (χ3n) is 5.64. The second kappa shape index (κ2) is 5.97. The molecule has 1 aromatic carbocycles. The second-order valence-electron chi connectivity index (χ2n) is 7.58. The van der Waals surface area contributed by atoms with Crippen LogP contribution in [-0.2, 0) is 11.3 Å². The maximum Gasteiger partial charge on any atom is 0.312 e. The van der Waals surface area contributed by atoms with Crippen molar-refractivity contribution in [3.05, 3.63) is 48.0 Å². The van der Waals surface area contributed by atoms with Crippen molar-refractivity contribution >= 4 is 5.97 Å².